The number of imidazole rings is 1. The van der Waals surface area contributed by atoms with E-state index < -0.39 is 30.1 Å². The summed E-state index contributed by atoms with van der Waals surface area (Å²) in [4.78, 5) is 14.6. The summed E-state index contributed by atoms with van der Waals surface area (Å²) in [6, 6.07) is 9.92. The van der Waals surface area contributed by atoms with Crippen LogP contribution in [-0.2, 0) is 0 Å². The average Bonchev–Trinajstić information content (AvgIpc) is 3.60. The summed E-state index contributed by atoms with van der Waals surface area (Å²) in [5, 5.41) is 23.6. The fourth-order valence-corrected chi connectivity index (χ4v) is 5.50. The monoisotopic (exact) mass is 565 g/mol. The van der Waals surface area contributed by atoms with E-state index in [2.05, 4.69) is 20.0 Å². The molecule has 2 aliphatic rings. The number of halogens is 3. The van der Waals surface area contributed by atoms with Crippen molar-refractivity contribution >= 4 is 29.3 Å². The summed E-state index contributed by atoms with van der Waals surface area (Å²) < 4.78 is 44.6. The number of pyridine rings is 1. The zero-order valence-corrected chi connectivity index (χ0v) is 22.2. The molecule has 2 N–H and O–H groups in total. The first-order valence-electron chi connectivity index (χ1n) is 13.5. The molecule has 0 radical (unpaired) electrons. The summed E-state index contributed by atoms with van der Waals surface area (Å²) >= 11 is 0. The molecular formula is C29H30F3N7O2. The predicted octanol–water partition coefficient (Wildman–Crippen LogP) is 3.30. The van der Waals surface area contributed by atoms with E-state index in [-0.39, 0.29) is 25.1 Å². The number of aliphatic hydroxyl groups is 2. The van der Waals surface area contributed by atoms with E-state index in [4.69, 9.17) is 5.11 Å². The number of anilines is 2. The maximum Gasteiger partial charge on any atom is 0.154 e. The molecule has 3 aromatic heterocycles. The van der Waals surface area contributed by atoms with Crippen LogP contribution < -0.4 is 9.80 Å². The molecule has 1 aromatic carbocycles. The highest BCUT2D eigenvalue weighted by Gasteiger charge is 2.36. The van der Waals surface area contributed by atoms with Crippen LogP contribution in [0.1, 0.15) is 29.4 Å². The molecule has 4 aromatic rings. The average molecular weight is 566 g/mol. The summed E-state index contributed by atoms with van der Waals surface area (Å²) in [6.45, 7) is 2.47. The molecule has 5 heterocycles. The lowest BCUT2D eigenvalue weighted by Crippen LogP contribution is -2.51. The quantitative estimate of drug-likeness (QED) is 0.353. The van der Waals surface area contributed by atoms with Gasteiger partial charge in [-0.25, -0.2) is 22.7 Å². The van der Waals surface area contributed by atoms with Gasteiger partial charge in [0.1, 0.15) is 29.9 Å². The zero-order valence-electron chi connectivity index (χ0n) is 22.2. The van der Waals surface area contributed by atoms with Crippen molar-refractivity contribution in [1.29, 1.82) is 0 Å². The minimum atomic E-state index is -1.20. The van der Waals surface area contributed by atoms with Gasteiger partial charge in [-0.05, 0) is 54.6 Å². The first-order chi connectivity index (χ1) is 19.9. The summed E-state index contributed by atoms with van der Waals surface area (Å²) in [5.41, 5.74) is 3.08. The van der Waals surface area contributed by atoms with Crippen LogP contribution in [-0.4, -0.2) is 86.4 Å². The van der Waals surface area contributed by atoms with Gasteiger partial charge in [0.15, 0.2) is 5.65 Å². The molecule has 0 spiro atoms. The van der Waals surface area contributed by atoms with Crippen LogP contribution in [0.2, 0.25) is 0 Å². The third kappa shape index (κ3) is 5.63. The van der Waals surface area contributed by atoms with E-state index >= 15 is 0 Å². The molecule has 2 saturated heterocycles. The molecule has 3 atom stereocenters. The second kappa shape index (κ2) is 11.5. The number of piperazine rings is 1. The highest BCUT2D eigenvalue weighted by Crippen LogP contribution is 2.38. The van der Waals surface area contributed by atoms with Crippen LogP contribution in [0.3, 0.4) is 0 Å². The Hall–Kier alpha value is -4.00. The number of fused-ring (bicyclic) bond motifs is 1. The summed E-state index contributed by atoms with van der Waals surface area (Å²) in [7, 11) is 0. The zero-order chi connectivity index (χ0) is 28.5. The van der Waals surface area contributed by atoms with Crippen LogP contribution in [0.5, 0.6) is 0 Å². The van der Waals surface area contributed by atoms with Crippen LogP contribution in [0.25, 0.3) is 17.8 Å². The molecule has 9 nitrogen and oxygen atoms in total. The molecule has 0 saturated carbocycles. The number of aromatic nitrogens is 4. The Bertz CT molecular complexity index is 1540. The number of alkyl halides is 1. The van der Waals surface area contributed by atoms with Crippen molar-refractivity contribution in [2.45, 2.75) is 24.9 Å². The number of aliphatic hydroxyl groups excluding tert-OH is 2. The van der Waals surface area contributed by atoms with Crippen molar-refractivity contribution in [2.75, 3.05) is 49.1 Å². The van der Waals surface area contributed by atoms with Gasteiger partial charge in [-0.2, -0.15) is 0 Å². The molecule has 41 heavy (non-hydrogen) atoms. The third-order valence-electron chi connectivity index (χ3n) is 7.70. The van der Waals surface area contributed by atoms with Gasteiger partial charge in [-0.1, -0.05) is 0 Å². The number of hydrogen-bond donors (Lipinski definition) is 2. The van der Waals surface area contributed by atoms with E-state index in [0.717, 1.165) is 42.7 Å². The second-order valence-electron chi connectivity index (χ2n) is 10.3. The smallest absolute Gasteiger partial charge is 0.154 e. The maximum absolute atomic E-state index is 14.6. The van der Waals surface area contributed by atoms with Crippen molar-refractivity contribution in [3.8, 4) is 0 Å². The van der Waals surface area contributed by atoms with E-state index in [1.807, 2.05) is 29.2 Å². The SMILES string of the molecule is OCC(O)N1CCN(c2ccc(/C=C/c3cnc4ccc(N5C[C@@H](F)C[C@@H]5c5cc(F)ccc5F)nn34)nc2)CC1. The van der Waals surface area contributed by atoms with Crippen LogP contribution in [0, 0.1) is 11.6 Å². The van der Waals surface area contributed by atoms with Gasteiger partial charge in [-0.15, -0.1) is 5.10 Å². The Kier molecular flexibility index (Phi) is 7.61. The standard InChI is InChI=1S/C29H30F3N7O2/c30-19-1-6-25(32)24(13-19)26-14-20(31)17-38(26)28-8-7-27-34-16-23(39(27)35-28)5-3-21-2-4-22(15-33-21)36-9-11-37(12-10-36)29(41)18-40/h1-8,13,15-16,20,26,29,40-41H,9-12,14,17-18H2/b5-3+/t20-,26+,29?/m0/s1. The van der Waals surface area contributed by atoms with Gasteiger partial charge in [0.2, 0.25) is 0 Å². The number of benzene rings is 1. The van der Waals surface area contributed by atoms with E-state index in [1.165, 1.54) is 0 Å². The first-order valence-corrected chi connectivity index (χ1v) is 13.5. The number of hydrogen-bond acceptors (Lipinski definition) is 8. The van der Waals surface area contributed by atoms with Gasteiger partial charge in [0.25, 0.3) is 0 Å². The molecule has 0 amide bonds. The van der Waals surface area contributed by atoms with Gasteiger partial charge in [0.05, 0.1) is 48.7 Å². The van der Waals surface area contributed by atoms with Crippen LogP contribution in [0.15, 0.2) is 54.9 Å². The molecule has 12 heteroatoms. The third-order valence-corrected chi connectivity index (χ3v) is 7.70. The van der Waals surface area contributed by atoms with Gasteiger partial charge >= 0.3 is 0 Å². The van der Waals surface area contributed by atoms with E-state index in [0.29, 0.717) is 30.2 Å². The van der Waals surface area contributed by atoms with Crippen LogP contribution >= 0.6 is 0 Å². The Morgan fingerprint density at radius 3 is 2.56 bits per heavy atom. The minimum absolute atomic E-state index is 0.0202. The highest BCUT2D eigenvalue weighted by atomic mass is 19.1. The van der Waals surface area contributed by atoms with Gasteiger partial charge < -0.3 is 20.0 Å². The topological polar surface area (TPSA) is 93.3 Å². The lowest BCUT2D eigenvalue weighted by atomic mass is 10.0. The largest absolute Gasteiger partial charge is 0.392 e. The Morgan fingerprint density at radius 1 is 0.976 bits per heavy atom. The van der Waals surface area contributed by atoms with Crippen molar-refractivity contribution < 1.29 is 23.4 Å². The first kappa shape index (κ1) is 27.2. The lowest BCUT2D eigenvalue weighted by molar-refractivity contribution is -0.0369. The molecular weight excluding hydrogens is 535 g/mol. The second-order valence-corrected chi connectivity index (χ2v) is 10.3. The fourth-order valence-electron chi connectivity index (χ4n) is 5.50. The number of nitrogens with zero attached hydrogens (tertiary/aromatic N) is 7. The molecule has 2 aliphatic heterocycles. The number of rotatable bonds is 7. The fraction of sp³-hybridized carbons (Fsp3) is 0.345. The Labute approximate surface area is 234 Å². The van der Waals surface area contributed by atoms with Crippen molar-refractivity contribution in [3.05, 3.63) is 83.4 Å². The summed E-state index contributed by atoms with van der Waals surface area (Å²) in [5.74, 6) is -0.714. The molecule has 214 valence electrons. The lowest BCUT2D eigenvalue weighted by Gasteiger charge is -2.37. The predicted molar refractivity (Wildman–Crippen MR) is 149 cm³/mol. The van der Waals surface area contributed by atoms with Crippen molar-refractivity contribution in [1.82, 2.24) is 24.5 Å². The van der Waals surface area contributed by atoms with Crippen molar-refractivity contribution in [2.24, 2.45) is 0 Å². The Balaban J connectivity index is 1.19. The molecule has 1 unspecified atom stereocenters. The maximum atomic E-state index is 14.6. The minimum Gasteiger partial charge on any atom is -0.392 e. The van der Waals surface area contributed by atoms with E-state index in [9.17, 15) is 18.3 Å². The van der Waals surface area contributed by atoms with Crippen molar-refractivity contribution in [3.63, 3.8) is 0 Å². The van der Waals surface area contributed by atoms with E-state index in [1.54, 1.807) is 33.9 Å². The molecule has 0 aliphatic carbocycles. The highest BCUT2D eigenvalue weighted by molar-refractivity contribution is 5.68. The molecule has 0 bridgehead atoms. The Morgan fingerprint density at radius 2 is 1.80 bits per heavy atom. The van der Waals surface area contributed by atoms with Gasteiger partial charge in [-0.3, -0.25) is 9.88 Å². The molecule has 2 fully saturated rings. The van der Waals surface area contributed by atoms with Gasteiger partial charge in [0, 0.05) is 38.2 Å². The molecule has 6 rings (SSSR count). The normalized spacial score (nSPS) is 20.9. The summed E-state index contributed by atoms with van der Waals surface area (Å²) in [6.07, 6.45) is 5.15. The van der Waals surface area contributed by atoms with Crippen LogP contribution in [0.4, 0.5) is 24.7 Å².